The smallest absolute Gasteiger partial charge is 0.251 e. The molecule has 0 radical (unpaired) electrons. The SMILES string of the molecule is C[C@@H](NC(=O)c1cccc(NS(C)(=O)=O)c1)c1ccc(S(C)(=O)=O)cc1. The van der Waals surface area contributed by atoms with E-state index in [1.165, 1.54) is 18.2 Å². The summed E-state index contributed by atoms with van der Waals surface area (Å²) in [7, 11) is -6.71. The Hall–Kier alpha value is -2.39. The second kappa shape index (κ2) is 7.46. The molecule has 26 heavy (non-hydrogen) atoms. The van der Waals surface area contributed by atoms with E-state index in [0.29, 0.717) is 11.3 Å². The third-order valence-electron chi connectivity index (χ3n) is 3.58. The molecule has 0 aliphatic heterocycles. The van der Waals surface area contributed by atoms with Gasteiger partial charge in [0.05, 0.1) is 17.2 Å². The normalized spacial score (nSPS) is 13.0. The van der Waals surface area contributed by atoms with Crippen molar-refractivity contribution in [3.8, 4) is 0 Å². The molecule has 0 heterocycles. The van der Waals surface area contributed by atoms with Crippen LogP contribution in [0.2, 0.25) is 0 Å². The maximum atomic E-state index is 12.4. The number of amides is 1. The maximum Gasteiger partial charge on any atom is 0.251 e. The monoisotopic (exact) mass is 396 g/mol. The van der Waals surface area contributed by atoms with Gasteiger partial charge in [-0.25, -0.2) is 16.8 Å². The fraction of sp³-hybridized carbons (Fsp3) is 0.235. The van der Waals surface area contributed by atoms with Crippen molar-refractivity contribution in [2.24, 2.45) is 0 Å². The number of carbonyl (C=O) groups is 1. The first-order valence-corrected chi connectivity index (χ1v) is 11.4. The molecule has 0 spiro atoms. The average molecular weight is 396 g/mol. The van der Waals surface area contributed by atoms with Gasteiger partial charge in [0.25, 0.3) is 5.91 Å². The van der Waals surface area contributed by atoms with E-state index in [1.807, 2.05) is 0 Å². The Balaban J connectivity index is 2.13. The number of nitrogens with one attached hydrogen (secondary N) is 2. The number of carbonyl (C=O) groups excluding carboxylic acids is 1. The topological polar surface area (TPSA) is 109 Å². The van der Waals surface area contributed by atoms with E-state index >= 15 is 0 Å². The van der Waals surface area contributed by atoms with Crippen LogP contribution < -0.4 is 10.0 Å². The summed E-state index contributed by atoms with van der Waals surface area (Å²) in [5.74, 6) is -0.373. The molecule has 0 aliphatic rings. The van der Waals surface area contributed by atoms with Crippen LogP contribution in [0.4, 0.5) is 5.69 Å². The molecular formula is C17H20N2O5S2. The van der Waals surface area contributed by atoms with Crippen molar-refractivity contribution in [3.63, 3.8) is 0 Å². The molecule has 2 aromatic carbocycles. The summed E-state index contributed by atoms with van der Waals surface area (Å²) in [6.45, 7) is 1.77. The molecule has 2 N–H and O–H groups in total. The molecule has 9 heteroatoms. The highest BCUT2D eigenvalue weighted by Gasteiger charge is 2.14. The largest absolute Gasteiger partial charge is 0.346 e. The van der Waals surface area contributed by atoms with Crippen molar-refractivity contribution < 1.29 is 21.6 Å². The number of hydrogen-bond donors (Lipinski definition) is 2. The summed E-state index contributed by atoms with van der Waals surface area (Å²) in [5.41, 5.74) is 1.35. The van der Waals surface area contributed by atoms with Gasteiger partial charge in [0.2, 0.25) is 10.0 Å². The van der Waals surface area contributed by atoms with Gasteiger partial charge in [-0.1, -0.05) is 18.2 Å². The summed E-state index contributed by atoms with van der Waals surface area (Å²) in [6, 6.07) is 12.0. The average Bonchev–Trinajstić information content (AvgIpc) is 2.52. The molecule has 0 fully saturated rings. The number of anilines is 1. The van der Waals surface area contributed by atoms with Crippen LogP contribution in [0.15, 0.2) is 53.4 Å². The van der Waals surface area contributed by atoms with Gasteiger partial charge in [-0.2, -0.15) is 0 Å². The minimum atomic E-state index is -3.43. The van der Waals surface area contributed by atoms with Crippen molar-refractivity contribution in [2.75, 3.05) is 17.2 Å². The highest BCUT2D eigenvalue weighted by Crippen LogP contribution is 2.18. The lowest BCUT2D eigenvalue weighted by atomic mass is 10.1. The number of benzene rings is 2. The Bertz CT molecular complexity index is 1010. The fourth-order valence-electron chi connectivity index (χ4n) is 2.31. The third kappa shape index (κ3) is 5.57. The molecule has 7 nitrogen and oxygen atoms in total. The zero-order valence-corrected chi connectivity index (χ0v) is 16.2. The predicted octanol–water partition coefficient (Wildman–Crippen LogP) is 1.95. The molecule has 0 aliphatic carbocycles. The van der Waals surface area contributed by atoms with E-state index in [-0.39, 0.29) is 16.8 Å². The molecule has 0 saturated heterocycles. The van der Waals surface area contributed by atoms with Crippen LogP contribution in [0.3, 0.4) is 0 Å². The van der Waals surface area contributed by atoms with Crippen molar-refractivity contribution >= 4 is 31.5 Å². The number of rotatable bonds is 6. The van der Waals surface area contributed by atoms with Gasteiger partial charge in [-0.15, -0.1) is 0 Å². The third-order valence-corrected chi connectivity index (χ3v) is 5.32. The van der Waals surface area contributed by atoms with Gasteiger partial charge in [-0.05, 0) is 42.8 Å². The van der Waals surface area contributed by atoms with Gasteiger partial charge in [-0.3, -0.25) is 9.52 Å². The van der Waals surface area contributed by atoms with E-state index in [1.54, 1.807) is 37.3 Å². The van der Waals surface area contributed by atoms with E-state index in [2.05, 4.69) is 10.0 Å². The van der Waals surface area contributed by atoms with E-state index in [0.717, 1.165) is 18.1 Å². The lowest BCUT2D eigenvalue weighted by molar-refractivity contribution is 0.0940. The number of sulfone groups is 1. The maximum absolute atomic E-state index is 12.4. The van der Waals surface area contributed by atoms with Crippen LogP contribution in [0.1, 0.15) is 28.9 Å². The minimum absolute atomic E-state index is 0.208. The number of hydrogen-bond acceptors (Lipinski definition) is 5. The van der Waals surface area contributed by atoms with Crippen molar-refractivity contribution in [3.05, 3.63) is 59.7 Å². The first-order chi connectivity index (χ1) is 12.0. The van der Waals surface area contributed by atoms with E-state index in [9.17, 15) is 21.6 Å². The van der Waals surface area contributed by atoms with Crippen LogP contribution in [0, 0.1) is 0 Å². The Morgan fingerprint density at radius 1 is 0.962 bits per heavy atom. The molecule has 2 rings (SSSR count). The fourth-order valence-corrected chi connectivity index (χ4v) is 3.49. The predicted molar refractivity (Wildman–Crippen MR) is 100 cm³/mol. The van der Waals surface area contributed by atoms with Crippen LogP contribution in [-0.2, 0) is 19.9 Å². The van der Waals surface area contributed by atoms with Gasteiger partial charge in [0.15, 0.2) is 9.84 Å². The summed E-state index contributed by atoms with van der Waals surface area (Å²) in [6.07, 6.45) is 2.16. The second-order valence-electron chi connectivity index (χ2n) is 5.99. The molecule has 0 aromatic heterocycles. The lowest BCUT2D eigenvalue weighted by Gasteiger charge is -2.15. The summed E-state index contributed by atoms with van der Waals surface area (Å²) >= 11 is 0. The standard InChI is InChI=1S/C17H20N2O5S2/c1-12(13-7-9-16(10-8-13)25(2,21)22)18-17(20)14-5-4-6-15(11-14)19-26(3,23)24/h4-12,19H,1-3H3,(H,18,20)/t12-/m1/s1. The molecule has 0 saturated carbocycles. The zero-order valence-electron chi connectivity index (χ0n) is 14.6. The van der Waals surface area contributed by atoms with Gasteiger partial charge in [0.1, 0.15) is 0 Å². The Kier molecular flexibility index (Phi) is 5.72. The van der Waals surface area contributed by atoms with Gasteiger partial charge < -0.3 is 5.32 Å². The Morgan fingerprint density at radius 3 is 2.12 bits per heavy atom. The van der Waals surface area contributed by atoms with Crippen LogP contribution in [0.25, 0.3) is 0 Å². The highest BCUT2D eigenvalue weighted by molar-refractivity contribution is 7.92. The summed E-state index contributed by atoms with van der Waals surface area (Å²) < 4.78 is 47.9. The molecule has 140 valence electrons. The second-order valence-corrected chi connectivity index (χ2v) is 9.76. The highest BCUT2D eigenvalue weighted by atomic mass is 32.2. The van der Waals surface area contributed by atoms with Gasteiger partial charge >= 0.3 is 0 Å². The first-order valence-electron chi connectivity index (χ1n) is 7.64. The van der Waals surface area contributed by atoms with Crippen LogP contribution >= 0.6 is 0 Å². The molecule has 1 atom stereocenters. The molecule has 0 bridgehead atoms. The molecule has 0 unspecified atom stereocenters. The molecule has 2 aromatic rings. The van der Waals surface area contributed by atoms with Crippen molar-refractivity contribution in [1.82, 2.24) is 5.32 Å². The Morgan fingerprint density at radius 2 is 1.58 bits per heavy atom. The van der Waals surface area contributed by atoms with Crippen LogP contribution in [-0.4, -0.2) is 35.3 Å². The lowest BCUT2D eigenvalue weighted by Crippen LogP contribution is -2.26. The molecule has 1 amide bonds. The van der Waals surface area contributed by atoms with Crippen molar-refractivity contribution in [1.29, 1.82) is 0 Å². The van der Waals surface area contributed by atoms with E-state index in [4.69, 9.17) is 0 Å². The van der Waals surface area contributed by atoms with Gasteiger partial charge in [0, 0.05) is 17.5 Å². The summed E-state index contributed by atoms with van der Waals surface area (Å²) in [4.78, 5) is 12.6. The zero-order chi connectivity index (χ0) is 19.5. The Labute approximate surface area is 153 Å². The quantitative estimate of drug-likeness (QED) is 0.776. The van der Waals surface area contributed by atoms with Crippen molar-refractivity contribution in [2.45, 2.75) is 17.9 Å². The summed E-state index contributed by atoms with van der Waals surface area (Å²) in [5, 5.41) is 2.80. The van der Waals surface area contributed by atoms with E-state index < -0.39 is 19.9 Å². The van der Waals surface area contributed by atoms with Crippen LogP contribution in [0.5, 0.6) is 0 Å². The molecular weight excluding hydrogens is 376 g/mol. The number of sulfonamides is 1. The minimum Gasteiger partial charge on any atom is -0.346 e. The first kappa shape index (κ1) is 19.9.